The van der Waals surface area contributed by atoms with Gasteiger partial charge in [-0.15, -0.1) is 0 Å². The van der Waals surface area contributed by atoms with Gasteiger partial charge in [-0.1, -0.05) is 23.7 Å². The molecule has 0 atom stereocenters. The van der Waals surface area contributed by atoms with Crippen LogP contribution in [0.25, 0.3) is 0 Å². The van der Waals surface area contributed by atoms with Gasteiger partial charge in [0.25, 0.3) is 11.8 Å². The van der Waals surface area contributed by atoms with Crippen molar-refractivity contribution < 1.29 is 29.0 Å². The minimum Gasteiger partial charge on any atom is -0.490 e. The van der Waals surface area contributed by atoms with Gasteiger partial charge < -0.3 is 25.2 Å². The highest BCUT2D eigenvalue weighted by Gasteiger charge is 2.24. The second-order valence-electron chi connectivity index (χ2n) is 9.70. The van der Waals surface area contributed by atoms with E-state index in [1.807, 2.05) is 12.1 Å². The molecule has 1 aliphatic carbocycles. The lowest BCUT2D eigenvalue weighted by molar-refractivity contribution is 0.0697. The van der Waals surface area contributed by atoms with Gasteiger partial charge in [0.05, 0.1) is 22.9 Å². The van der Waals surface area contributed by atoms with E-state index in [1.165, 1.54) is 24.5 Å². The molecule has 0 spiro atoms. The van der Waals surface area contributed by atoms with Gasteiger partial charge in [-0.3, -0.25) is 9.59 Å². The fourth-order valence-corrected chi connectivity index (χ4v) is 4.76. The number of halogens is 1. The molecule has 1 saturated carbocycles. The number of carboxylic acid groups (broad SMARTS) is 1. The molecule has 2 aromatic heterocycles. The highest BCUT2D eigenvalue weighted by Crippen LogP contribution is 2.27. The van der Waals surface area contributed by atoms with E-state index in [1.54, 1.807) is 48.5 Å². The van der Waals surface area contributed by atoms with Gasteiger partial charge in [0.2, 0.25) is 5.88 Å². The molecule has 0 aliphatic heterocycles. The van der Waals surface area contributed by atoms with Crippen molar-refractivity contribution in [2.24, 2.45) is 0 Å². The molecule has 2 amide bonds. The Balaban J connectivity index is 1.08. The van der Waals surface area contributed by atoms with E-state index in [2.05, 4.69) is 20.6 Å². The minimum atomic E-state index is -1.13. The van der Waals surface area contributed by atoms with Gasteiger partial charge in [0.15, 0.2) is 0 Å². The summed E-state index contributed by atoms with van der Waals surface area (Å²) in [6, 6.07) is 19.7. The fraction of sp³-hybridized carbons (Fsp3) is 0.194. The number of aromatic nitrogens is 2. The van der Waals surface area contributed by atoms with E-state index >= 15 is 0 Å². The van der Waals surface area contributed by atoms with Crippen LogP contribution in [0.1, 0.15) is 56.8 Å². The Bertz CT molecular complexity index is 1570. The summed E-state index contributed by atoms with van der Waals surface area (Å²) in [5.74, 6) is -0.230. The molecule has 2 aromatic carbocycles. The highest BCUT2D eigenvalue weighted by atomic mass is 35.5. The molecule has 4 aromatic rings. The van der Waals surface area contributed by atoms with E-state index in [0.717, 1.165) is 25.7 Å². The summed E-state index contributed by atoms with van der Waals surface area (Å²) < 4.78 is 11.9. The summed E-state index contributed by atoms with van der Waals surface area (Å²) in [4.78, 5) is 44.5. The Kier molecular flexibility index (Phi) is 8.93. The average molecular weight is 587 g/mol. The number of carbonyl (C=O) groups is 3. The number of carbonyl (C=O) groups excluding carboxylic acids is 2. The van der Waals surface area contributed by atoms with E-state index in [4.69, 9.17) is 21.1 Å². The van der Waals surface area contributed by atoms with Crippen molar-refractivity contribution in [2.75, 3.05) is 5.32 Å². The van der Waals surface area contributed by atoms with E-state index in [0.29, 0.717) is 22.9 Å². The summed E-state index contributed by atoms with van der Waals surface area (Å²) in [7, 11) is 0. The van der Waals surface area contributed by atoms with Gasteiger partial charge in [-0.25, -0.2) is 14.8 Å². The summed E-state index contributed by atoms with van der Waals surface area (Å²) in [6.07, 6.45) is 6.15. The van der Waals surface area contributed by atoms with Gasteiger partial charge in [-0.2, -0.15) is 0 Å². The summed E-state index contributed by atoms with van der Waals surface area (Å²) >= 11 is 5.88. The number of para-hydroxylation sites is 1. The number of nitrogens with one attached hydrogen (secondary N) is 2. The molecule has 11 heteroatoms. The van der Waals surface area contributed by atoms with Crippen LogP contribution < -0.4 is 20.1 Å². The quantitative estimate of drug-likeness (QED) is 0.203. The van der Waals surface area contributed by atoms with Crippen molar-refractivity contribution in [3.8, 4) is 17.4 Å². The summed E-state index contributed by atoms with van der Waals surface area (Å²) in [5, 5.41) is 15.2. The predicted octanol–water partition coefficient (Wildman–Crippen LogP) is 5.99. The van der Waals surface area contributed by atoms with Crippen LogP contribution in [0.5, 0.6) is 17.4 Å². The first kappa shape index (κ1) is 28.6. The zero-order valence-electron chi connectivity index (χ0n) is 22.3. The maximum absolute atomic E-state index is 12.6. The van der Waals surface area contributed by atoms with E-state index < -0.39 is 11.9 Å². The third kappa shape index (κ3) is 7.41. The van der Waals surface area contributed by atoms with Crippen molar-refractivity contribution in [1.82, 2.24) is 15.3 Å². The predicted molar refractivity (Wildman–Crippen MR) is 155 cm³/mol. The molecule has 214 valence electrons. The Morgan fingerprint density at radius 3 is 2.26 bits per heavy atom. The standard InChI is InChI=1S/C31H27ClN4O6/c32-27-17-19(15-16-33-27)29(37)35-21-6-8-22(9-7-21)41-23-10-12-24(13-11-23)42-28-14-5-20(18-34-28)30(38)36-26-4-2-1-3-25(26)31(39)40/h1-5,10-18,21-22H,6-9H2,(H,35,37)(H,36,38)(H,39,40). The lowest BCUT2D eigenvalue weighted by Gasteiger charge is -2.29. The smallest absolute Gasteiger partial charge is 0.337 e. The number of anilines is 1. The molecule has 42 heavy (non-hydrogen) atoms. The van der Waals surface area contributed by atoms with Crippen molar-refractivity contribution in [1.29, 1.82) is 0 Å². The fourth-order valence-electron chi connectivity index (χ4n) is 4.58. The molecule has 0 radical (unpaired) electrons. The van der Waals surface area contributed by atoms with Crippen molar-refractivity contribution >= 4 is 35.1 Å². The summed E-state index contributed by atoms with van der Waals surface area (Å²) in [5.41, 5.74) is 0.938. The van der Waals surface area contributed by atoms with Crippen LogP contribution in [0.3, 0.4) is 0 Å². The molecule has 0 bridgehead atoms. The lowest BCUT2D eigenvalue weighted by Crippen LogP contribution is -2.39. The van der Waals surface area contributed by atoms with Gasteiger partial charge >= 0.3 is 5.97 Å². The second-order valence-corrected chi connectivity index (χ2v) is 10.1. The molecular formula is C31H27ClN4O6. The minimum absolute atomic E-state index is 0.00424. The molecule has 0 unspecified atom stereocenters. The topological polar surface area (TPSA) is 140 Å². The zero-order chi connectivity index (χ0) is 29.5. The van der Waals surface area contributed by atoms with Gasteiger partial charge in [-0.05, 0) is 80.3 Å². The molecule has 10 nitrogen and oxygen atoms in total. The number of hydrogen-bond donors (Lipinski definition) is 3. The monoisotopic (exact) mass is 586 g/mol. The Morgan fingerprint density at radius 1 is 0.833 bits per heavy atom. The maximum Gasteiger partial charge on any atom is 0.337 e. The van der Waals surface area contributed by atoms with Crippen LogP contribution in [-0.2, 0) is 0 Å². The normalized spacial score (nSPS) is 16.2. The number of amides is 2. The Morgan fingerprint density at radius 2 is 1.57 bits per heavy atom. The first-order valence-corrected chi connectivity index (χ1v) is 13.7. The van der Waals surface area contributed by atoms with Crippen LogP contribution >= 0.6 is 11.6 Å². The van der Waals surface area contributed by atoms with Gasteiger partial charge in [0, 0.05) is 30.1 Å². The summed E-state index contributed by atoms with van der Waals surface area (Å²) in [6.45, 7) is 0. The largest absolute Gasteiger partial charge is 0.490 e. The molecule has 0 saturated heterocycles. The highest BCUT2D eigenvalue weighted by molar-refractivity contribution is 6.29. The number of benzene rings is 2. The molecule has 2 heterocycles. The average Bonchev–Trinajstić information content (AvgIpc) is 2.99. The van der Waals surface area contributed by atoms with Crippen LogP contribution in [0.15, 0.2) is 85.2 Å². The third-order valence-corrected chi connectivity index (χ3v) is 6.96. The van der Waals surface area contributed by atoms with Gasteiger partial charge in [0.1, 0.15) is 16.7 Å². The third-order valence-electron chi connectivity index (χ3n) is 6.75. The van der Waals surface area contributed by atoms with Crippen molar-refractivity contribution in [2.45, 2.75) is 37.8 Å². The lowest BCUT2D eigenvalue weighted by atomic mass is 9.92. The van der Waals surface area contributed by atoms with Crippen LogP contribution in [0.2, 0.25) is 5.15 Å². The van der Waals surface area contributed by atoms with Crippen LogP contribution in [0.4, 0.5) is 5.69 Å². The van der Waals surface area contributed by atoms with Crippen LogP contribution in [0, 0.1) is 0 Å². The van der Waals surface area contributed by atoms with E-state index in [-0.39, 0.29) is 40.0 Å². The molecule has 3 N–H and O–H groups in total. The number of aromatic carboxylic acids is 1. The molecule has 5 rings (SSSR count). The van der Waals surface area contributed by atoms with Crippen molar-refractivity contribution in [3.63, 3.8) is 0 Å². The molecule has 1 fully saturated rings. The SMILES string of the molecule is O=C(Nc1ccccc1C(=O)O)c1ccc(Oc2ccc(OC3CCC(NC(=O)c4ccnc(Cl)c4)CC3)cc2)nc1. The number of ether oxygens (including phenoxy) is 2. The van der Waals surface area contributed by atoms with Crippen LogP contribution in [-0.4, -0.2) is 45.0 Å². The number of pyridine rings is 2. The number of hydrogen-bond acceptors (Lipinski definition) is 7. The van der Waals surface area contributed by atoms with E-state index in [9.17, 15) is 19.5 Å². The van der Waals surface area contributed by atoms with Crippen molar-refractivity contribution in [3.05, 3.63) is 107 Å². The Labute approximate surface area is 246 Å². The first-order chi connectivity index (χ1) is 20.3. The second kappa shape index (κ2) is 13.1. The maximum atomic E-state index is 12.6. The molecular weight excluding hydrogens is 560 g/mol. The number of nitrogens with zero attached hydrogens (tertiary/aromatic N) is 2. The molecule has 1 aliphatic rings. The Hall–Kier alpha value is -4.96. The number of carboxylic acids is 1. The first-order valence-electron chi connectivity index (χ1n) is 13.3. The number of rotatable bonds is 9. The zero-order valence-corrected chi connectivity index (χ0v) is 23.1.